The number of halogens is 4. The minimum absolute atomic E-state index is 0.0589. The van der Waals surface area contributed by atoms with Gasteiger partial charge in [-0.05, 0) is 43.2 Å². The molecule has 1 atom stereocenters. The third-order valence-corrected chi connectivity index (χ3v) is 7.57. The van der Waals surface area contributed by atoms with Gasteiger partial charge in [0.15, 0.2) is 0 Å². The average molecular weight is 610 g/mol. The van der Waals surface area contributed by atoms with Crippen molar-refractivity contribution < 1.29 is 31.2 Å². The molecule has 0 spiro atoms. The van der Waals surface area contributed by atoms with E-state index in [1.807, 2.05) is 6.07 Å². The molecule has 3 rings (SSSR count). The van der Waals surface area contributed by atoms with Crippen LogP contribution in [0.3, 0.4) is 0 Å². The molecule has 1 N–H and O–H groups in total. The lowest BCUT2D eigenvalue weighted by molar-refractivity contribution is -0.140. The van der Waals surface area contributed by atoms with Gasteiger partial charge in [0.2, 0.25) is 21.8 Å². The van der Waals surface area contributed by atoms with E-state index in [4.69, 9.17) is 11.6 Å². The topological polar surface area (TPSA) is 86.8 Å². The zero-order chi connectivity index (χ0) is 30.4. The Balaban J connectivity index is 2.09. The number of rotatable bonds is 11. The molecule has 0 aliphatic heterocycles. The first-order chi connectivity index (χ1) is 19.2. The molecule has 220 valence electrons. The zero-order valence-electron chi connectivity index (χ0n) is 22.7. The molecule has 0 saturated carbocycles. The van der Waals surface area contributed by atoms with Gasteiger partial charge in [0.1, 0.15) is 12.6 Å². The second kappa shape index (κ2) is 13.4. The first-order valence-corrected chi connectivity index (χ1v) is 14.9. The first-order valence-electron chi connectivity index (χ1n) is 12.7. The maximum Gasteiger partial charge on any atom is 0.416 e. The van der Waals surface area contributed by atoms with Crippen molar-refractivity contribution in [2.45, 2.75) is 45.1 Å². The molecule has 1 unspecified atom stereocenters. The summed E-state index contributed by atoms with van der Waals surface area (Å²) in [5.41, 5.74) is -0.205. The van der Waals surface area contributed by atoms with E-state index in [0.29, 0.717) is 15.9 Å². The second-order valence-electron chi connectivity index (χ2n) is 9.81. The quantitative estimate of drug-likeness (QED) is 0.320. The van der Waals surface area contributed by atoms with Gasteiger partial charge >= 0.3 is 6.18 Å². The highest BCUT2D eigenvalue weighted by atomic mass is 35.5. The summed E-state index contributed by atoms with van der Waals surface area (Å²) in [6.07, 6.45) is -3.89. The van der Waals surface area contributed by atoms with Crippen LogP contribution in [0.1, 0.15) is 30.5 Å². The number of alkyl halides is 3. The summed E-state index contributed by atoms with van der Waals surface area (Å²) in [5, 5.41) is 2.53. The lowest BCUT2D eigenvalue weighted by Crippen LogP contribution is -2.54. The number of hydrogen-bond donors (Lipinski definition) is 1. The molecule has 0 bridgehead atoms. The number of nitrogens with zero attached hydrogens (tertiary/aromatic N) is 2. The standard InChI is InChI=1S/C29H31ClF3N3O4S/c1-20(2)34-28(38)26(16-21-10-6-4-7-11-21)35(18-22-12-8-5-9-13-22)27(37)19-36(41(3,39)40)25-17-23(29(31,32)33)14-15-24(25)30/h4-15,17,20,26H,16,18-19H2,1-3H3,(H,34,38). The van der Waals surface area contributed by atoms with Crippen molar-refractivity contribution in [2.24, 2.45) is 0 Å². The van der Waals surface area contributed by atoms with Gasteiger partial charge in [-0.15, -0.1) is 0 Å². The Morgan fingerprint density at radius 2 is 1.49 bits per heavy atom. The molecular weight excluding hydrogens is 579 g/mol. The monoisotopic (exact) mass is 609 g/mol. The Hall–Kier alpha value is -3.57. The summed E-state index contributed by atoms with van der Waals surface area (Å²) in [6, 6.07) is 18.7. The third kappa shape index (κ3) is 8.96. The maximum absolute atomic E-state index is 14.0. The number of anilines is 1. The summed E-state index contributed by atoms with van der Waals surface area (Å²) in [6.45, 7) is 2.59. The number of benzene rings is 3. The molecule has 41 heavy (non-hydrogen) atoms. The molecule has 2 amide bonds. The number of amides is 2. The number of carbonyl (C=O) groups excluding carboxylic acids is 2. The Morgan fingerprint density at radius 3 is 2.00 bits per heavy atom. The van der Waals surface area contributed by atoms with Crippen LogP contribution >= 0.6 is 11.6 Å². The van der Waals surface area contributed by atoms with Crippen LogP contribution in [-0.2, 0) is 38.8 Å². The summed E-state index contributed by atoms with van der Waals surface area (Å²) in [4.78, 5) is 28.7. The van der Waals surface area contributed by atoms with Crippen molar-refractivity contribution >= 4 is 39.1 Å². The van der Waals surface area contributed by atoms with Crippen molar-refractivity contribution in [1.29, 1.82) is 0 Å². The van der Waals surface area contributed by atoms with Crippen LogP contribution in [0.5, 0.6) is 0 Å². The first kappa shape index (κ1) is 32.0. The highest BCUT2D eigenvalue weighted by Crippen LogP contribution is 2.36. The second-order valence-corrected chi connectivity index (χ2v) is 12.1. The zero-order valence-corrected chi connectivity index (χ0v) is 24.3. The predicted molar refractivity (Wildman–Crippen MR) is 153 cm³/mol. The van der Waals surface area contributed by atoms with E-state index in [-0.39, 0.29) is 24.0 Å². The number of nitrogens with one attached hydrogen (secondary N) is 1. The predicted octanol–water partition coefficient (Wildman–Crippen LogP) is 5.29. The third-order valence-electron chi connectivity index (χ3n) is 6.12. The molecule has 0 aliphatic rings. The van der Waals surface area contributed by atoms with E-state index in [0.717, 1.165) is 24.0 Å². The normalized spacial score (nSPS) is 12.6. The number of carbonyl (C=O) groups is 2. The fourth-order valence-electron chi connectivity index (χ4n) is 4.19. The van der Waals surface area contributed by atoms with Crippen molar-refractivity contribution in [3.63, 3.8) is 0 Å². The van der Waals surface area contributed by atoms with Crippen molar-refractivity contribution in [3.8, 4) is 0 Å². The van der Waals surface area contributed by atoms with E-state index in [1.54, 1.807) is 68.4 Å². The molecule has 12 heteroatoms. The number of hydrogen-bond acceptors (Lipinski definition) is 4. The molecule has 3 aromatic carbocycles. The van der Waals surface area contributed by atoms with Gasteiger partial charge in [-0.2, -0.15) is 13.2 Å². The van der Waals surface area contributed by atoms with E-state index in [1.165, 1.54) is 4.90 Å². The lowest BCUT2D eigenvalue weighted by Gasteiger charge is -2.34. The number of sulfonamides is 1. The fraction of sp³-hybridized carbons (Fsp3) is 0.310. The SMILES string of the molecule is CC(C)NC(=O)C(Cc1ccccc1)N(Cc1ccccc1)C(=O)CN(c1cc(C(F)(F)F)ccc1Cl)S(C)(=O)=O. The Labute approximate surface area is 243 Å². The summed E-state index contributed by atoms with van der Waals surface area (Å²) < 4.78 is 66.6. The molecule has 0 aromatic heterocycles. The van der Waals surface area contributed by atoms with E-state index in [2.05, 4.69) is 5.32 Å². The van der Waals surface area contributed by atoms with Gasteiger partial charge in [-0.1, -0.05) is 72.3 Å². The van der Waals surface area contributed by atoms with Crippen LogP contribution in [0.15, 0.2) is 78.9 Å². The largest absolute Gasteiger partial charge is 0.416 e. The minimum Gasteiger partial charge on any atom is -0.352 e. The fourth-order valence-corrected chi connectivity index (χ4v) is 5.31. The van der Waals surface area contributed by atoms with Crippen LogP contribution in [0, 0.1) is 0 Å². The molecule has 0 aliphatic carbocycles. The van der Waals surface area contributed by atoms with Gasteiger partial charge in [-0.3, -0.25) is 13.9 Å². The smallest absolute Gasteiger partial charge is 0.352 e. The summed E-state index contributed by atoms with van der Waals surface area (Å²) in [7, 11) is -4.29. The van der Waals surface area contributed by atoms with Crippen molar-refractivity contribution in [2.75, 3.05) is 17.1 Å². The Bertz CT molecular complexity index is 1450. The summed E-state index contributed by atoms with van der Waals surface area (Å²) in [5.74, 6) is -1.26. The molecule has 0 fully saturated rings. The van der Waals surface area contributed by atoms with Crippen LogP contribution in [0.2, 0.25) is 5.02 Å². The Morgan fingerprint density at radius 1 is 0.927 bits per heavy atom. The van der Waals surface area contributed by atoms with E-state index in [9.17, 15) is 31.2 Å². The van der Waals surface area contributed by atoms with E-state index < -0.39 is 51.9 Å². The van der Waals surface area contributed by atoms with Gasteiger partial charge < -0.3 is 10.2 Å². The van der Waals surface area contributed by atoms with Gasteiger partial charge in [0, 0.05) is 19.0 Å². The molecule has 0 radical (unpaired) electrons. The summed E-state index contributed by atoms with van der Waals surface area (Å²) >= 11 is 6.16. The van der Waals surface area contributed by atoms with Crippen molar-refractivity contribution in [1.82, 2.24) is 10.2 Å². The maximum atomic E-state index is 14.0. The highest BCUT2D eigenvalue weighted by Gasteiger charge is 2.36. The van der Waals surface area contributed by atoms with E-state index >= 15 is 0 Å². The Kier molecular flexibility index (Phi) is 10.4. The van der Waals surface area contributed by atoms with Crippen LogP contribution < -0.4 is 9.62 Å². The molecule has 0 saturated heterocycles. The highest BCUT2D eigenvalue weighted by molar-refractivity contribution is 7.92. The average Bonchev–Trinajstić information content (AvgIpc) is 2.89. The molecule has 3 aromatic rings. The molecule has 7 nitrogen and oxygen atoms in total. The minimum atomic E-state index is -4.78. The van der Waals surface area contributed by atoms with Crippen LogP contribution in [0.25, 0.3) is 0 Å². The van der Waals surface area contributed by atoms with Gasteiger partial charge in [-0.25, -0.2) is 8.42 Å². The van der Waals surface area contributed by atoms with Crippen LogP contribution in [-0.4, -0.2) is 50.0 Å². The van der Waals surface area contributed by atoms with Gasteiger partial charge in [0.05, 0.1) is 22.5 Å². The van der Waals surface area contributed by atoms with Gasteiger partial charge in [0.25, 0.3) is 0 Å². The van der Waals surface area contributed by atoms with Crippen LogP contribution in [0.4, 0.5) is 18.9 Å². The molecule has 0 heterocycles. The molecular formula is C29H31ClF3N3O4S. The van der Waals surface area contributed by atoms with Crippen molar-refractivity contribution in [3.05, 3.63) is 101 Å². The lowest BCUT2D eigenvalue weighted by atomic mass is 10.0.